The lowest BCUT2D eigenvalue weighted by Crippen LogP contribution is -2.51. The Balaban J connectivity index is 2.09. The molecule has 0 aromatic heterocycles. The maximum atomic E-state index is 6.00. The van der Waals surface area contributed by atoms with Gasteiger partial charge in [0.25, 0.3) is 0 Å². The van der Waals surface area contributed by atoms with Gasteiger partial charge in [0, 0.05) is 24.7 Å². The third-order valence-corrected chi connectivity index (χ3v) is 4.20. The van der Waals surface area contributed by atoms with Crippen molar-refractivity contribution in [2.75, 3.05) is 6.54 Å². The molecule has 1 fully saturated rings. The molecule has 1 aromatic rings. The Labute approximate surface area is 117 Å². The van der Waals surface area contributed by atoms with E-state index in [0.717, 1.165) is 0 Å². The molecular weight excluding hydrogens is 232 g/mol. The summed E-state index contributed by atoms with van der Waals surface area (Å²) in [5.74, 6) is 0. The fraction of sp³-hybridized carbons (Fsp3) is 0.529. The second-order valence-corrected chi connectivity index (χ2v) is 5.65. The molecule has 0 saturated carbocycles. The number of benzene rings is 1. The number of nitrogens with two attached hydrogens (primary N) is 1. The van der Waals surface area contributed by atoms with Crippen LogP contribution < -0.4 is 5.73 Å². The van der Waals surface area contributed by atoms with Gasteiger partial charge in [-0.05, 0) is 32.3 Å². The molecule has 1 heterocycles. The molecule has 2 nitrogen and oxygen atoms in total. The summed E-state index contributed by atoms with van der Waals surface area (Å²) in [5, 5.41) is 0. The van der Waals surface area contributed by atoms with Gasteiger partial charge in [0.05, 0.1) is 0 Å². The van der Waals surface area contributed by atoms with Crippen molar-refractivity contribution < 1.29 is 0 Å². The van der Waals surface area contributed by atoms with Crippen molar-refractivity contribution in [1.29, 1.82) is 0 Å². The van der Waals surface area contributed by atoms with Gasteiger partial charge in [0.15, 0.2) is 0 Å². The zero-order valence-corrected chi connectivity index (χ0v) is 12.1. The van der Waals surface area contributed by atoms with Gasteiger partial charge >= 0.3 is 0 Å². The molecule has 2 heteroatoms. The van der Waals surface area contributed by atoms with Crippen LogP contribution in [0.1, 0.15) is 38.7 Å². The average Bonchev–Trinajstić information content (AvgIpc) is 2.43. The van der Waals surface area contributed by atoms with Gasteiger partial charge in [0.1, 0.15) is 0 Å². The van der Waals surface area contributed by atoms with Gasteiger partial charge < -0.3 is 5.73 Å². The highest BCUT2D eigenvalue weighted by Gasteiger charge is 2.28. The fourth-order valence-electron chi connectivity index (χ4n) is 3.18. The molecule has 0 amide bonds. The molecule has 0 bridgehead atoms. The highest BCUT2D eigenvalue weighted by Crippen LogP contribution is 2.25. The summed E-state index contributed by atoms with van der Waals surface area (Å²) < 4.78 is 0. The number of piperidine rings is 1. The van der Waals surface area contributed by atoms with Crippen molar-refractivity contribution in [3.8, 4) is 0 Å². The SMILES string of the molecule is CC1CCCC(C)N1C(/C=C\c1ccccc1)CN. The predicted octanol–water partition coefficient (Wildman–Crippen LogP) is 3.29. The third-order valence-electron chi connectivity index (χ3n) is 4.20. The molecule has 2 N–H and O–H groups in total. The van der Waals surface area contributed by atoms with Crippen molar-refractivity contribution in [1.82, 2.24) is 4.90 Å². The maximum Gasteiger partial charge on any atom is 0.0409 e. The molecule has 0 radical (unpaired) electrons. The van der Waals surface area contributed by atoms with Crippen molar-refractivity contribution in [3.63, 3.8) is 0 Å². The van der Waals surface area contributed by atoms with E-state index in [0.29, 0.717) is 24.7 Å². The first-order chi connectivity index (χ1) is 9.22. The zero-order chi connectivity index (χ0) is 13.7. The van der Waals surface area contributed by atoms with Gasteiger partial charge in [-0.1, -0.05) is 48.9 Å². The van der Waals surface area contributed by atoms with E-state index < -0.39 is 0 Å². The van der Waals surface area contributed by atoms with Crippen LogP contribution in [0.5, 0.6) is 0 Å². The van der Waals surface area contributed by atoms with Crippen molar-refractivity contribution in [2.24, 2.45) is 5.73 Å². The predicted molar refractivity (Wildman–Crippen MR) is 82.9 cm³/mol. The van der Waals surface area contributed by atoms with Crippen molar-refractivity contribution >= 4 is 6.08 Å². The van der Waals surface area contributed by atoms with Crippen molar-refractivity contribution in [3.05, 3.63) is 42.0 Å². The summed E-state index contributed by atoms with van der Waals surface area (Å²) in [4.78, 5) is 2.59. The normalized spacial score (nSPS) is 26.7. The van der Waals surface area contributed by atoms with Gasteiger partial charge in [-0.3, -0.25) is 4.90 Å². The van der Waals surface area contributed by atoms with Gasteiger partial charge in [-0.15, -0.1) is 0 Å². The van der Waals surface area contributed by atoms with E-state index in [9.17, 15) is 0 Å². The topological polar surface area (TPSA) is 29.3 Å². The van der Waals surface area contributed by atoms with Crippen LogP contribution in [-0.4, -0.2) is 29.6 Å². The molecular formula is C17H26N2. The second-order valence-electron chi connectivity index (χ2n) is 5.65. The summed E-state index contributed by atoms with van der Waals surface area (Å²) in [7, 11) is 0. The molecule has 1 aliphatic heterocycles. The lowest BCUT2D eigenvalue weighted by molar-refractivity contribution is 0.0781. The Morgan fingerprint density at radius 3 is 2.42 bits per heavy atom. The van der Waals surface area contributed by atoms with E-state index in [1.54, 1.807) is 0 Å². The second kappa shape index (κ2) is 6.88. The Bertz CT molecular complexity index is 389. The maximum absolute atomic E-state index is 6.00. The molecule has 3 atom stereocenters. The molecule has 1 aromatic carbocycles. The summed E-state index contributed by atoms with van der Waals surface area (Å²) in [6.45, 7) is 5.35. The molecule has 19 heavy (non-hydrogen) atoms. The van der Waals surface area contributed by atoms with Crippen LogP contribution in [0.15, 0.2) is 36.4 Å². The summed E-state index contributed by atoms with van der Waals surface area (Å²) in [6.07, 6.45) is 8.40. The molecule has 1 aliphatic rings. The number of likely N-dealkylation sites (tertiary alicyclic amines) is 1. The minimum Gasteiger partial charge on any atom is -0.329 e. The van der Waals surface area contributed by atoms with Crippen LogP contribution in [0.3, 0.4) is 0 Å². The minimum absolute atomic E-state index is 0.352. The highest BCUT2D eigenvalue weighted by atomic mass is 15.2. The highest BCUT2D eigenvalue weighted by molar-refractivity contribution is 5.49. The summed E-state index contributed by atoms with van der Waals surface area (Å²) >= 11 is 0. The molecule has 104 valence electrons. The van der Waals surface area contributed by atoms with E-state index >= 15 is 0 Å². The number of rotatable bonds is 4. The summed E-state index contributed by atoms with van der Waals surface area (Å²) in [5.41, 5.74) is 7.25. The lowest BCUT2D eigenvalue weighted by Gasteiger charge is -2.43. The molecule has 3 unspecified atom stereocenters. The first kappa shape index (κ1) is 14.3. The third kappa shape index (κ3) is 3.68. The quantitative estimate of drug-likeness (QED) is 0.898. The van der Waals surface area contributed by atoms with E-state index in [2.05, 4.69) is 55.2 Å². The molecule has 2 rings (SSSR count). The first-order valence-electron chi connectivity index (χ1n) is 7.43. The number of nitrogens with zero attached hydrogens (tertiary/aromatic N) is 1. The van der Waals surface area contributed by atoms with Crippen LogP contribution in [0.4, 0.5) is 0 Å². The Morgan fingerprint density at radius 1 is 1.21 bits per heavy atom. The van der Waals surface area contributed by atoms with E-state index in [1.165, 1.54) is 24.8 Å². The standard InChI is InChI=1S/C17H26N2/c1-14-7-6-8-15(2)19(14)17(13-18)12-11-16-9-4-3-5-10-16/h3-5,9-12,14-15,17H,6-8,13,18H2,1-2H3/b12-11-. The van der Waals surface area contributed by atoms with Gasteiger partial charge in [-0.25, -0.2) is 0 Å². The average molecular weight is 258 g/mol. The van der Waals surface area contributed by atoms with E-state index in [4.69, 9.17) is 5.73 Å². The van der Waals surface area contributed by atoms with Crippen LogP contribution in [0.25, 0.3) is 6.08 Å². The number of hydrogen-bond donors (Lipinski definition) is 1. The molecule has 0 spiro atoms. The van der Waals surface area contributed by atoms with Gasteiger partial charge in [-0.2, -0.15) is 0 Å². The Hall–Kier alpha value is -1.12. The Morgan fingerprint density at radius 2 is 1.84 bits per heavy atom. The van der Waals surface area contributed by atoms with Crippen LogP contribution in [-0.2, 0) is 0 Å². The largest absolute Gasteiger partial charge is 0.329 e. The van der Waals surface area contributed by atoms with E-state index in [1.807, 2.05) is 6.07 Å². The van der Waals surface area contributed by atoms with E-state index in [-0.39, 0.29) is 0 Å². The molecule has 1 saturated heterocycles. The smallest absolute Gasteiger partial charge is 0.0409 e. The summed E-state index contributed by atoms with van der Waals surface area (Å²) in [6, 6.07) is 12.1. The van der Waals surface area contributed by atoms with Gasteiger partial charge in [0.2, 0.25) is 0 Å². The van der Waals surface area contributed by atoms with Crippen LogP contribution in [0.2, 0.25) is 0 Å². The van der Waals surface area contributed by atoms with Crippen LogP contribution >= 0.6 is 0 Å². The molecule has 0 aliphatic carbocycles. The zero-order valence-electron chi connectivity index (χ0n) is 12.1. The fourth-order valence-corrected chi connectivity index (χ4v) is 3.18. The lowest BCUT2D eigenvalue weighted by atomic mass is 9.95. The Kier molecular flexibility index (Phi) is 5.17. The number of hydrogen-bond acceptors (Lipinski definition) is 2. The minimum atomic E-state index is 0.352. The van der Waals surface area contributed by atoms with Crippen LogP contribution in [0, 0.1) is 0 Å². The monoisotopic (exact) mass is 258 g/mol. The first-order valence-corrected chi connectivity index (χ1v) is 7.43. The van der Waals surface area contributed by atoms with Crippen molar-refractivity contribution in [2.45, 2.75) is 51.2 Å².